The Kier molecular flexibility index (Phi) is 8.21. The zero-order valence-corrected chi connectivity index (χ0v) is 25.9. The van der Waals surface area contributed by atoms with Gasteiger partial charge in [0.15, 0.2) is 0 Å². The van der Waals surface area contributed by atoms with Crippen molar-refractivity contribution in [3.8, 4) is 22.4 Å². The maximum Gasteiger partial charge on any atom is 0.270 e. The van der Waals surface area contributed by atoms with Gasteiger partial charge in [0.05, 0.1) is 18.2 Å². The molecule has 2 atom stereocenters. The number of fused-ring (bicyclic) bond motifs is 1. The van der Waals surface area contributed by atoms with Crippen molar-refractivity contribution in [2.24, 2.45) is 14.1 Å². The maximum absolute atomic E-state index is 14.1. The van der Waals surface area contributed by atoms with E-state index in [-0.39, 0.29) is 29.3 Å². The molecule has 3 aromatic heterocycles. The average molecular weight is 604 g/mol. The van der Waals surface area contributed by atoms with E-state index in [1.165, 1.54) is 4.68 Å². The molecular weight excluding hydrogens is 566 g/mol. The van der Waals surface area contributed by atoms with Gasteiger partial charge in [0.2, 0.25) is 5.91 Å². The Bertz CT molecular complexity index is 1920. The highest BCUT2D eigenvalue weighted by atomic mass is 16.2. The molecule has 0 spiro atoms. The lowest BCUT2D eigenvalue weighted by Crippen LogP contribution is -2.48. The van der Waals surface area contributed by atoms with Crippen LogP contribution in [0.25, 0.3) is 22.4 Å². The molecule has 0 fully saturated rings. The zero-order valence-electron chi connectivity index (χ0n) is 25.9. The first-order chi connectivity index (χ1) is 21.7. The number of aryl methyl sites for hydroxylation is 3. The number of nitrogens with zero attached hydrogens (tertiary/aromatic N) is 5. The number of amides is 2. The highest BCUT2D eigenvalue weighted by Crippen LogP contribution is 2.37. The average Bonchev–Trinajstić information content (AvgIpc) is 3.67. The molecule has 2 N–H and O–H groups in total. The summed E-state index contributed by atoms with van der Waals surface area (Å²) in [5.41, 5.74) is 6.95. The van der Waals surface area contributed by atoms with Crippen LogP contribution >= 0.6 is 0 Å². The van der Waals surface area contributed by atoms with E-state index in [4.69, 9.17) is 0 Å². The summed E-state index contributed by atoms with van der Waals surface area (Å²) in [6.45, 7) is 3.96. The van der Waals surface area contributed by atoms with Crippen LogP contribution in [0.2, 0.25) is 0 Å². The molecule has 1 unspecified atom stereocenters. The summed E-state index contributed by atoms with van der Waals surface area (Å²) in [5, 5.41) is 10.2. The molecule has 2 aromatic carbocycles. The Morgan fingerprint density at radius 1 is 0.956 bits per heavy atom. The third kappa shape index (κ3) is 6.08. The summed E-state index contributed by atoms with van der Waals surface area (Å²) in [7, 11) is 3.63. The third-order valence-corrected chi connectivity index (χ3v) is 8.62. The van der Waals surface area contributed by atoms with Crippen LogP contribution in [0.5, 0.6) is 0 Å². The lowest BCUT2D eigenvalue weighted by atomic mass is 9.77. The molecule has 0 bridgehead atoms. The number of anilines is 1. The summed E-state index contributed by atoms with van der Waals surface area (Å²) in [6, 6.07) is 18.1. The second-order valence-electron chi connectivity index (χ2n) is 11.9. The van der Waals surface area contributed by atoms with Gasteiger partial charge >= 0.3 is 0 Å². The molecule has 0 saturated heterocycles. The van der Waals surface area contributed by atoms with Crippen LogP contribution in [-0.4, -0.2) is 41.8 Å². The van der Waals surface area contributed by atoms with Crippen molar-refractivity contribution in [1.29, 1.82) is 0 Å². The summed E-state index contributed by atoms with van der Waals surface area (Å²) in [6.07, 6.45) is 9.49. The van der Waals surface area contributed by atoms with E-state index in [2.05, 4.69) is 38.9 Å². The molecule has 230 valence electrons. The lowest BCUT2D eigenvalue weighted by molar-refractivity contribution is -0.118. The number of pyridine rings is 1. The fraction of sp³-hybridized carbons (Fsp3) is 0.286. The predicted molar refractivity (Wildman–Crippen MR) is 174 cm³/mol. The Labute approximate surface area is 261 Å². The summed E-state index contributed by atoms with van der Waals surface area (Å²) < 4.78 is 5.15. The quantitative estimate of drug-likeness (QED) is 0.257. The van der Waals surface area contributed by atoms with Crippen molar-refractivity contribution in [1.82, 2.24) is 29.2 Å². The molecule has 45 heavy (non-hydrogen) atoms. The predicted octanol–water partition coefficient (Wildman–Crippen LogP) is 5.09. The van der Waals surface area contributed by atoms with Crippen LogP contribution in [0, 0.1) is 0 Å². The Hall–Kier alpha value is -5.25. The minimum absolute atomic E-state index is 0.0244. The van der Waals surface area contributed by atoms with Gasteiger partial charge in [-0.15, -0.1) is 0 Å². The lowest BCUT2D eigenvalue weighted by Gasteiger charge is -2.32. The molecule has 5 aromatic rings. The molecule has 6 rings (SSSR count). The molecule has 0 radical (unpaired) electrons. The molecule has 0 aliphatic heterocycles. The van der Waals surface area contributed by atoms with E-state index in [0.29, 0.717) is 11.4 Å². The second-order valence-corrected chi connectivity index (χ2v) is 11.9. The van der Waals surface area contributed by atoms with Crippen LogP contribution in [-0.2, 0) is 25.3 Å². The molecule has 3 heterocycles. The first-order valence-corrected chi connectivity index (χ1v) is 15.2. The van der Waals surface area contributed by atoms with Crippen molar-refractivity contribution in [2.75, 3.05) is 5.32 Å². The normalized spacial score (nSPS) is 15.0. The van der Waals surface area contributed by atoms with Gasteiger partial charge in [-0.3, -0.25) is 19.1 Å². The van der Waals surface area contributed by atoms with Crippen molar-refractivity contribution >= 4 is 17.5 Å². The number of nitrogens with one attached hydrogen (secondary N) is 2. The first kappa shape index (κ1) is 29.8. The Morgan fingerprint density at radius 2 is 1.71 bits per heavy atom. The van der Waals surface area contributed by atoms with Crippen LogP contribution in [0.1, 0.15) is 60.3 Å². The highest BCUT2D eigenvalue weighted by molar-refractivity contribution is 6.01. The Morgan fingerprint density at radius 3 is 2.40 bits per heavy atom. The van der Waals surface area contributed by atoms with Crippen molar-refractivity contribution < 1.29 is 9.59 Å². The number of aromatic nitrogens is 5. The molecule has 0 saturated carbocycles. The number of hydrogen-bond acceptors (Lipinski definition) is 5. The van der Waals surface area contributed by atoms with E-state index in [0.717, 1.165) is 52.8 Å². The fourth-order valence-corrected chi connectivity index (χ4v) is 6.18. The Balaban J connectivity index is 1.34. The van der Waals surface area contributed by atoms with E-state index >= 15 is 0 Å². The van der Waals surface area contributed by atoms with Gasteiger partial charge < -0.3 is 19.8 Å². The van der Waals surface area contributed by atoms with Gasteiger partial charge in [-0.1, -0.05) is 30.3 Å². The van der Waals surface area contributed by atoms with Gasteiger partial charge in [0.25, 0.3) is 11.5 Å². The highest BCUT2D eigenvalue weighted by Gasteiger charge is 2.35. The van der Waals surface area contributed by atoms with Gasteiger partial charge in [-0.05, 0) is 85.2 Å². The van der Waals surface area contributed by atoms with E-state index < -0.39 is 6.04 Å². The standard InChI is InChI=1S/C35H37N7O3/c1-22(2)42-20-26(12-15-32(42)43)25-9-8-23-6-5-7-28(29(23)18-25)33(39-34(44)30-16-17-37-41(30)4)35(45)38-27-13-10-24(11-14-27)31-19-36-21-40(31)3/h8-22,28,33H,5-7H2,1-4H3,(H,38,45)(H,39,44)/t28-,33?/m1/s1. The van der Waals surface area contributed by atoms with Crippen molar-refractivity contribution in [3.63, 3.8) is 0 Å². The molecule has 2 amide bonds. The third-order valence-electron chi connectivity index (χ3n) is 8.62. The zero-order chi connectivity index (χ0) is 31.7. The van der Waals surface area contributed by atoms with Crippen LogP contribution in [0.3, 0.4) is 0 Å². The second kappa shape index (κ2) is 12.4. The van der Waals surface area contributed by atoms with Gasteiger partial charge in [0.1, 0.15) is 11.7 Å². The molecular formula is C35H37N7O3. The number of imidazole rings is 1. The molecule has 1 aliphatic rings. The van der Waals surface area contributed by atoms with E-state index in [9.17, 15) is 14.4 Å². The summed E-state index contributed by atoms with van der Waals surface area (Å²) >= 11 is 0. The number of carbonyl (C=O) groups is 2. The molecule has 1 aliphatic carbocycles. The van der Waals surface area contributed by atoms with E-state index in [1.54, 1.807) is 42.5 Å². The van der Waals surface area contributed by atoms with Gasteiger partial charge in [-0.2, -0.15) is 5.10 Å². The largest absolute Gasteiger partial charge is 0.338 e. The molecule has 10 heteroatoms. The van der Waals surface area contributed by atoms with Crippen molar-refractivity contribution in [2.45, 2.75) is 51.1 Å². The first-order valence-electron chi connectivity index (χ1n) is 15.2. The van der Waals surface area contributed by atoms with Gasteiger partial charge in [0, 0.05) is 50.2 Å². The number of carbonyl (C=O) groups excluding carboxylic acids is 2. The van der Waals surface area contributed by atoms with Crippen LogP contribution in [0.4, 0.5) is 5.69 Å². The summed E-state index contributed by atoms with van der Waals surface area (Å²) in [5.74, 6) is -0.931. The van der Waals surface area contributed by atoms with E-state index in [1.807, 2.05) is 62.0 Å². The van der Waals surface area contributed by atoms with Crippen LogP contribution in [0.15, 0.2) is 90.4 Å². The number of rotatable bonds is 8. The topological polar surface area (TPSA) is 116 Å². The van der Waals surface area contributed by atoms with Gasteiger partial charge in [-0.25, -0.2) is 4.98 Å². The SMILES string of the molecule is CC(C)n1cc(-c2ccc3c(c2)[C@H](C(NC(=O)c2ccnn2C)C(=O)Nc2ccc(-c4cncn4C)cc2)CCC3)ccc1=O. The monoisotopic (exact) mass is 603 g/mol. The minimum Gasteiger partial charge on any atom is -0.338 e. The molecule has 10 nitrogen and oxygen atoms in total. The maximum atomic E-state index is 14.1. The van der Waals surface area contributed by atoms with Crippen LogP contribution < -0.4 is 16.2 Å². The smallest absolute Gasteiger partial charge is 0.270 e. The minimum atomic E-state index is -0.844. The summed E-state index contributed by atoms with van der Waals surface area (Å²) in [4.78, 5) is 44.2. The fourth-order valence-electron chi connectivity index (χ4n) is 6.18. The number of hydrogen-bond donors (Lipinski definition) is 2. The number of benzene rings is 2. The van der Waals surface area contributed by atoms with Crippen molar-refractivity contribution in [3.05, 3.63) is 113 Å².